The third-order valence-corrected chi connectivity index (χ3v) is 4.66. The van der Waals surface area contributed by atoms with Crippen molar-refractivity contribution in [2.45, 2.75) is 37.5 Å². The molecule has 6 heteroatoms. The Labute approximate surface area is 115 Å². The van der Waals surface area contributed by atoms with Crippen molar-refractivity contribution in [1.82, 2.24) is 0 Å². The number of nitro benzene ring substituents is 1. The Hall–Kier alpha value is -1.30. The van der Waals surface area contributed by atoms with E-state index in [1.165, 1.54) is 12.1 Å². The molecule has 0 heterocycles. The van der Waals surface area contributed by atoms with Crippen molar-refractivity contribution in [3.8, 4) is 0 Å². The number of benzene rings is 1. The van der Waals surface area contributed by atoms with Crippen LogP contribution in [-0.2, 0) is 0 Å². The molecule has 1 aromatic rings. The average molecular weight is 284 g/mol. The molecule has 0 aliphatic heterocycles. The van der Waals surface area contributed by atoms with Crippen LogP contribution in [0.3, 0.4) is 0 Å². The molecule has 2 unspecified atom stereocenters. The Morgan fingerprint density at radius 2 is 2.32 bits per heavy atom. The second-order valence-corrected chi connectivity index (χ2v) is 6.11. The maximum atomic E-state index is 13.3. The standard InChI is InChI=1S/C13H17FN2O2S/c1-2-19-13-5-3-4-10(13)15-11-8-9(14)6-7-12(11)16(17)18/h6-8,10,13,15H,2-5H2,1H3. The summed E-state index contributed by atoms with van der Waals surface area (Å²) < 4.78 is 13.3. The van der Waals surface area contributed by atoms with Gasteiger partial charge in [0.1, 0.15) is 11.5 Å². The molecular formula is C13H17FN2O2S. The van der Waals surface area contributed by atoms with E-state index in [0.29, 0.717) is 10.9 Å². The normalized spacial score (nSPS) is 22.4. The summed E-state index contributed by atoms with van der Waals surface area (Å²) in [4.78, 5) is 10.5. The number of halogens is 1. The van der Waals surface area contributed by atoms with Crippen molar-refractivity contribution < 1.29 is 9.31 Å². The highest BCUT2D eigenvalue weighted by atomic mass is 32.2. The Morgan fingerprint density at radius 3 is 3.00 bits per heavy atom. The summed E-state index contributed by atoms with van der Waals surface area (Å²) in [6.07, 6.45) is 3.20. The molecule has 0 aromatic heterocycles. The zero-order valence-corrected chi connectivity index (χ0v) is 11.6. The molecule has 1 aliphatic carbocycles. The average Bonchev–Trinajstić information content (AvgIpc) is 2.77. The topological polar surface area (TPSA) is 55.2 Å². The van der Waals surface area contributed by atoms with Crippen LogP contribution in [0, 0.1) is 15.9 Å². The van der Waals surface area contributed by atoms with Crippen LogP contribution in [0.25, 0.3) is 0 Å². The first kappa shape index (κ1) is 14.1. The fraction of sp³-hybridized carbons (Fsp3) is 0.538. The predicted molar refractivity (Wildman–Crippen MR) is 76.2 cm³/mol. The molecule has 1 fully saturated rings. The van der Waals surface area contributed by atoms with Crippen LogP contribution in [0.1, 0.15) is 26.2 Å². The van der Waals surface area contributed by atoms with Crippen molar-refractivity contribution >= 4 is 23.1 Å². The van der Waals surface area contributed by atoms with Gasteiger partial charge in [-0.1, -0.05) is 13.3 Å². The van der Waals surface area contributed by atoms with E-state index in [0.717, 1.165) is 31.1 Å². The number of nitrogens with zero attached hydrogens (tertiary/aromatic N) is 1. The van der Waals surface area contributed by atoms with Gasteiger partial charge in [-0.05, 0) is 24.7 Å². The van der Waals surface area contributed by atoms with Gasteiger partial charge in [0, 0.05) is 23.4 Å². The zero-order valence-electron chi connectivity index (χ0n) is 10.8. The summed E-state index contributed by atoms with van der Waals surface area (Å²) in [6, 6.07) is 3.74. The number of rotatable bonds is 5. The van der Waals surface area contributed by atoms with Crippen molar-refractivity contribution in [3.05, 3.63) is 34.1 Å². The minimum absolute atomic E-state index is 0.0615. The number of thioether (sulfide) groups is 1. The van der Waals surface area contributed by atoms with Crippen molar-refractivity contribution in [1.29, 1.82) is 0 Å². The Morgan fingerprint density at radius 1 is 1.53 bits per heavy atom. The van der Waals surface area contributed by atoms with Crippen molar-refractivity contribution in [2.75, 3.05) is 11.1 Å². The molecule has 4 nitrogen and oxygen atoms in total. The highest BCUT2D eigenvalue weighted by Gasteiger charge is 2.29. The number of anilines is 1. The number of nitro groups is 1. The molecule has 2 atom stereocenters. The first-order valence-corrected chi connectivity index (χ1v) is 7.48. The molecule has 0 radical (unpaired) electrons. The van der Waals surface area contributed by atoms with E-state index in [2.05, 4.69) is 12.2 Å². The molecule has 1 aliphatic rings. The summed E-state index contributed by atoms with van der Waals surface area (Å²) in [5.41, 5.74) is 0.229. The largest absolute Gasteiger partial charge is 0.376 e. The van der Waals surface area contributed by atoms with Gasteiger partial charge in [-0.25, -0.2) is 4.39 Å². The predicted octanol–water partition coefficient (Wildman–Crippen LogP) is 3.82. The van der Waals surface area contributed by atoms with Crippen LogP contribution in [0.4, 0.5) is 15.8 Å². The van der Waals surface area contributed by atoms with Gasteiger partial charge in [0.25, 0.3) is 5.69 Å². The van der Waals surface area contributed by atoms with E-state index < -0.39 is 10.7 Å². The SMILES string of the molecule is CCSC1CCCC1Nc1cc(F)ccc1[N+](=O)[O-]. The van der Waals surface area contributed by atoms with Crippen LogP contribution in [0.2, 0.25) is 0 Å². The van der Waals surface area contributed by atoms with E-state index in [-0.39, 0.29) is 11.7 Å². The lowest BCUT2D eigenvalue weighted by Gasteiger charge is -2.21. The van der Waals surface area contributed by atoms with Gasteiger partial charge in [-0.3, -0.25) is 10.1 Å². The zero-order chi connectivity index (χ0) is 13.8. The van der Waals surface area contributed by atoms with Gasteiger partial charge in [0.05, 0.1) is 4.92 Å². The summed E-state index contributed by atoms with van der Waals surface area (Å²) in [5, 5.41) is 14.6. The fourth-order valence-corrected chi connectivity index (χ4v) is 3.69. The number of hydrogen-bond donors (Lipinski definition) is 1. The lowest BCUT2D eigenvalue weighted by atomic mass is 10.2. The Bertz CT molecular complexity index is 470. The van der Waals surface area contributed by atoms with Crippen LogP contribution < -0.4 is 5.32 Å². The van der Waals surface area contributed by atoms with E-state index in [1.54, 1.807) is 0 Å². The maximum Gasteiger partial charge on any atom is 0.292 e. The minimum atomic E-state index is -0.474. The van der Waals surface area contributed by atoms with Crippen LogP contribution >= 0.6 is 11.8 Å². The van der Waals surface area contributed by atoms with E-state index in [4.69, 9.17) is 0 Å². The van der Waals surface area contributed by atoms with Gasteiger partial charge >= 0.3 is 0 Å². The van der Waals surface area contributed by atoms with Gasteiger partial charge in [-0.15, -0.1) is 0 Å². The van der Waals surface area contributed by atoms with Crippen LogP contribution in [0.15, 0.2) is 18.2 Å². The molecule has 0 saturated heterocycles. The molecule has 0 amide bonds. The van der Waals surface area contributed by atoms with Gasteiger partial charge in [0.2, 0.25) is 0 Å². The Kier molecular flexibility index (Phi) is 4.63. The first-order chi connectivity index (χ1) is 9.11. The van der Waals surface area contributed by atoms with E-state index in [1.807, 2.05) is 11.8 Å². The molecule has 0 spiro atoms. The second kappa shape index (κ2) is 6.23. The Balaban J connectivity index is 2.17. The molecule has 0 bridgehead atoms. The lowest BCUT2D eigenvalue weighted by molar-refractivity contribution is -0.384. The van der Waals surface area contributed by atoms with Gasteiger partial charge in [0.15, 0.2) is 0 Å². The molecule has 1 aromatic carbocycles. The molecule has 1 N–H and O–H groups in total. The fourth-order valence-electron chi connectivity index (χ4n) is 2.49. The molecular weight excluding hydrogens is 267 g/mol. The summed E-state index contributed by atoms with van der Waals surface area (Å²) in [5.74, 6) is 0.569. The highest BCUT2D eigenvalue weighted by molar-refractivity contribution is 7.99. The molecule has 19 heavy (non-hydrogen) atoms. The monoisotopic (exact) mass is 284 g/mol. The number of hydrogen-bond acceptors (Lipinski definition) is 4. The summed E-state index contributed by atoms with van der Waals surface area (Å²) >= 11 is 1.86. The smallest absolute Gasteiger partial charge is 0.292 e. The second-order valence-electron chi connectivity index (χ2n) is 4.59. The third kappa shape index (κ3) is 3.37. The van der Waals surface area contributed by atoms with Gasteiger partial charge < -0.3 is 5.32 Å². The van der Waals surface area contributed by atoms with Crippen LogP contribution in [0.5, 0.6) is 0 Å². The molecule has 1 saturated carbocycles. The van der Waals surface area contributed by atoms with E-state index >= 15 is 0 Å². The molecule has 104 valence electrons. The quantitative estimate of drug-likeness (QED) is 0.659. The number of nitrogens with one attached hydrogen (secondary N) is 1. The van der Waals surface area contributed by atoms with Crippen molar-refractivity contribution in [3.63, 3.8) is 0 Å². The minimum Gasteiger partial charge on any atom is -0.376 e. The highest BCUT2D eigenvalue weighted by Crippen LogP contribution is 2.34. The van der Waals surface area contributed by atoms with E-state index in [9.17, 15) is 14.5 Å². The summed E-state index contributed by atoms with van der Waals surface area (Å²) in [6.45, 7) is 2.10. The first-order valence-electron chi connectivity index (χ1n) is 6.44. The summed E-state index contributed by atoms with van der Waals surface area (Å²) in [7, 11) is 0. The lowest BCUT2D eigenvalue weighted by Crippen LogP contribution is -2.26. The van der Waals surface area contributed by atoms with Gasteiger partial charge in [-0.2, -0.15) is 11.8 Å². The third-order valence-electron chi connectivity index (χ3n) is 3.33. The van der Waals surface area contributed by atoms with Crippen molar-refractivity contribution in [2.24, 2.45) is 0 Å². The van der Waals surface area contributed by atoms with Crippen LogP contribution in [-0.4, -0.2) is 22.0 Å². The maximum absolute atomic E-state index is 13.3. The molecule has 2 rings (SSSR count).